The fraction of sp³-hybridized carbons (Fsp3) is 0.812. The van der Waals surface area contributed by atoms with Crippen LogP contribution in [0.2, 0.25) is 18.1 Å². The van der Waals surface area contributed by atoms with E-state index in [2.05, 4.69) is 65.1 Å². The highest BCUT2D eigenvalue weighted by Gasteiger charge is 2.41. The van der Waals surface area contributed by atoms with Crippen LogP contribution < -0.4 is 0 Å². The van der Waals surface area contributed by atoms with E-state index in [0.717, 1.165) is 12.8 Å². The maximum Gasteiger partial charge on any atom is 0.305 e. The quantitative estimate of drug-likeness (QED) is 0.0721. The molecule has 1 saturated heterocycles. The number of carbonyl (C=O) groups is 2. The SMILES string of the molecule is CCCCC/C=C\CC(/C=C/[C@@H]([C@H](CCCC(=O)OCC)C(C)=O)[C@H]1COC(C)(C)O1)O[Si](C)(C)C(C)(C)C. The average Bonchev–Trinajstić information content (AvgIpc) is 3.18. The van der Waals surface area contributed by atoms with Crippen LogP contribution in [-0.4, -0.2) is 51.3 Å². The molecule has 39 heavy (non-hydrogen) atoms. The molecule has 0 amide bonds. The summed E-state index contributed by atoms with van der Waals surface area (Å²) in [5.74, 6) is -1.27. The van der Waals surface area contributed by atoms with Crippen LogP contribution in [0.4, 0.5) is 0 Å². The third-order valence-corrected chi connectivity index (χ3v) is 12.5. The van der Waals surface area contributed by atoms with Crippen molar-refractivity contribution in [1.82, 2.24) is 0 Å². The van der Waals surface area contributed by atoms with Crippen molar-refractivity contribution in [3.8, 4) is 0 Å². The minimum Gasteiger partial charge on any atom is -0.466 e. The van der Waals surface area contributed by atoms with Crippen molar-refractivity contribution in [2.45, 2.75) is 143 Å². The number of esters is 1. The van der Waals surface area contributed by atoms with Crippen LogP contribution in [0, 0.1) is 11.8 Å². The van der Waals surface area contributed by atoms with Gasteiger partial charge in [-0.3, -0.25) is 9.59 Å². The Hall–Kier alpha value is -1.28. The van der Waals surface area contributed by atoms with E-state index in [1.807, 2.05) is 13.8 Å². The van der Waals surface area contributed by atoms with Crippen molar-refractivity contribution in [2.24, 2.45) is 11.8 Å². The summed E-state index contributed by atoms with van der Waals surface area (Å²) in [4.78, 5) is 24.9. The highest BCUT2D eigenvalue weighted by molar-refractivity contribution is 6.74. The lowest BCUT2D eigenvalue weighted by Gasteiger charge is -2.38. The van der Waals surface area contributed by atoms with Crippen LogP contribution in [0.3, 0.4) is 0 Å². The second kappa shape index (κ2) is 16.9. The van der Waals surface area contributed by atoms with Crippen LogP contribution >= 0.6 is 0 Å². The van der Waals surface area contributed by atoms with E-state index in [0.29, 0.717) is 32.5 Å². The van der Waals surface area contributed by atoms with E-state index in [1.54, 1.807) is 13.8 Å². The van der Waals surface area contributed by atoms with E-state index < -0.39 is 14.1 Å². The summed E-state index contributed by atoms with van der Waals surface area (Å²) in [7, 11) is -2.03. The Morgan fingerprint density at radius 2 is 1.77 bits per heavy atom. The molecule has 226 valence electrons. The highest BCUT2D eigenvalue weighted by Crippen LogP contribution is 2.38. The Bertz CT molecular complexity index is 795. The first kappa shape index (κ1) is 35.7. The predicted octanol–water partition coefficient (Wildman–Crippen LogP) is 8.17. The van der Waals surface area contributed by atoms with Gasteiger partial charge in [0.15, 0.2) is 14.1 Å². The lowest BCUT2D eigenvalue weighted by Crippen LogP contribution is -2.43. The van der Waals surface area contributed by atoms with Gasteiger partial charge in [-0.15, -0.1) is 0 Å². The largest absolute Gasteiger partial charge is 0.466 e. The molecule has 0 bridgehead atoms. The molecule has 0 spiro atoms. The molecular weight excluding hydrogens is 508 g/mol. The number of carbonyl (C=O) groups excluding carboxylic acids is 2. The number of rotatable bonds is 18. The smallest absolute Gasteiger partial charge is 0.305 e. The molecular formula is C32H58O6Si. The van der Waals surface area contributed by atoms with E-state index in [4.69, 9.17) is 18.6 Å². The van der Waals surface area contributed by atoms with Gasteiger partial charge in [0.1, 0.15) is 5.78 Å². The van der Waals surface area contributed by atoms with E-state index in [9.17, 15) is 9.59 Å². The molecule has 1 heterocycles. The van der Waals surface area contributed by atoms with Gasteiger partial charge in [-0.1, -0.05) is 64.8 Å². The zero-order valence-electron chi connectivity index (χ0n) is 26.6. The van der Waals surface area contributed by atoms with Gasteiger partial charge < -0.3 is 18.6 Å². The molecule has 1 fully saturated rings. The number of Topliss-reactive ketones (excluding diaryl/α,β-unsaturated/α-hetero) is 1. The van der Waals surface area contributed by atoms with Gasteiger partial charge in [0, 0.05) is 18.3 Å². The zero-order chi connectivity index (χ0) is 29.7. The number of unbranched alkanes of at least 4 members (excludes halogenated alkanes) is 3. The van der Waals surface area contributed by atoms with E-state index in [1.165, 1.54) is 19.3 Å². The minimum absolute atomic E-state index is 0.0849. The molecule has 0 saturated carbocycles. The summed E-state index contributed by atoms with van der Waals surface area (Å²) >= 11 is 0. The van der Waals surface area contributed by atoms with Gasteiger partial charge in [0.05, 0.1) is 25.4 Å². The molecule has 0 aliphatic carbocycles. The van der Waals surface area contributed by atoms with Crippen LogP contribution in [-0.2, 0) is 28.2 Å². The van der Waals surface area contributed by atoms with Crippen molar-refractivity contribution >= 4 is 20.1 Å². The molecule has 0 aromatic heterocycles. The molecule has 1 aliphatic heterocycles. The third-order valence-electron chi connectivity index (χ3n) is 7.96. The molecule has 1 unspecified atom stereocenters. The van der Waals surface area contributed by atoms with Gasteiger partial charge in [-0.05, 0) is 77.9 Å². The summed E-state index contributed by atoms with van der Waals surface area (Å²) in [5, 5.41) is 0.0881. The van der Waals surface area contributed by atoms with E-state index >= 15 is 0 Å². The first-order valence-corrected chi connectivity index (χ1v) is 18.0. The van der Waals surface area contributed by atoms with Crippen molar-refractivity contribution in [2.75, 3.05) is 13.2 Å². The van der Waals surface area contributed by atoms with Gasteiger partial charge in [0.2, 0.25) is 0 Å². The normalized spacial score (nSPS) is 20.4. The Kier molecular flexibility index (Phi) is 15.4. The van der Waals surface area contributed by atoms with Gasteiger partial charge in [-0.25, -0.2) is 0 Å². The van der Waals surface area contributed by atoms with Gasteiger partial charge >= 0.3 is 5.97 Å². The number of allylic oxidation sites excluding steroid dienone is 1. The summed E-state index contributed by atoms with van der Waals surface area (Å²) in [6, 6.07) is 0. The minimum atomic E-state index is -2.03. The summed E-state index contributed by atoms with van der Waals surface area (Å²) in [6.45, 7) is 21.6. The Labute approximate surface area is 240 Å². The molecule has 0 N–H and O–H groups in total. The Morgan fingerprint density at radius 3 is 2.31 bits per heavy atom. The molecule has 1 rings (SSSR count). The average molecular weight is 567 g/mol. The Morgan fingerprint density at radius 1 is 1.08 bits per heavy atom. The number of hydrogen-bond acceptors (Lipinski definition) is 6. The molecule has 4 atom stereocenters. The van der Waals surface area contributed by atoms with Crippen molar-refractivity contribution in [3.63, 3.8) is 0 Å². The summed E-state index contributed by atoms with van der Waals surface area (Å²) < 4.78 is 24.1. The fourth-order valence-electron chi connectivity index (χ4n) is 4.62. The Balaban J connectivity index is 3.21. The molecule has 0 radical (unpaired) electrons. The maximum absolute atomic E-state index is 12.9. The van der Waals surface area contributed by atoms with Crippen molar-refractivity contribution in [1.29, 1.82) is 0 Å². The van der Waals surface area contributed by atoms with Crippen LogP contribution in [0.5, 0.6) is 0 Å². The topological polar surface area (TPSA) is 71.1 Å². The summed E-state index contributed by atoms with van der Waals surface area (Å²) in [6.07, 6.45) is 15.5. The standard InChI is InChI=1S/C32H58O6Si/c1-11-13-14-15-16-17-19-26(38-39(9,10)31(4,5)6)22-23-28(29-24-36-32(7,8)37-29)27(25(3)33)20-18-21-30(34)35-12-2/h16-17,22-23,26-29H,11-15,18-21,24H2,1-10H3/b17-16-,23-22+/t26?,27-,28+,29-/m1/s1. The second-order valence-corrected chi connectivity index (χ2v) is 17.6. The highest BCUT2D eigenvalue weighted by atomic mass is 28.4. The van der Waals surface area contributed by atoms with Gasteiger partial charge in [-0.2, -0.15) is 0 Å². The lowest BCUT2D eigenvalue weighted by molar-refractivity contribution is -0.147. The number of hydrogen-bond donors (Lipinski definition) is 0. The fourth-order valence-corrected chi connectivity index (χ4v) is 5.91. The van der Waals surface area contributed by atoms with Gasteiger partial charge in [0.25, 0.3) is 0 Å². The molecule has 6 nitrogen and oxygen atoms in total. The third kappa shape index (κ3) is 13.3. The first-order chi connectivity index (χ1) is 18.1. The number of ether oxygens (including phenoxy) is 3. The van der Waals surface area contributed by atoms with Crippen LogP contribution in [0.15, 0.2) is 24.3 Å². The molecule has 0 aromatic rings. The van der Waals surface area contributed by atoms with Crippen molar-refractivity contribution in [3.05, 3.63) is 24.3 Å². The predicted molar refractivity (Wildman–Crippen MR) is 162 cm³/mol. The van der Waals surface area contributed by atoms with Crippen LogP contribution in [0.25, 0.3) is 0 Å². The molecule has 0 aromatic carbocycles. The number of ketones is 1. The zero-order valence-corrected chi connectivity index (χ0v) is 27.6. The lowest BCUT2D eigenvalue weighted by atomic mass is 9.81. The maximum atomic E-state index is 12.9. The van der Waals surface area contributed by atoms with Crippen molar-refractivity contribution < 1.29 is 28.2 Å². The monoisotopic (exact) mass is 566 g/mol. The molecule has 1 aliphatic rings. The second-order valence-electron chi connectivity index (χ2n) is 12.9. The van der Waals surface area contributed by atoms with E-state index in [-0.39, 0.29) is 40.8 Å². The van der Waals surface area contributed by atoms with Crippen LogP contribution in [0.1, 0.15) is 107 Å². The molecule has 7 heteroatoms. The summed E-state index contributed by atoms with van der Waals surface area (Å²) in [5.41, 5.74) is 0. The first-order valence-electron chi connectivity index (χ1n) is 15.1.